The van der Waals surface area contributed by atoms with Crippen LogP contribution in [-0.2, 0) is 10.3 Å². The molecule has 1 heterocycles. The third-order valence-electron chi connectivity index (χ3n) is 3.55. The summed E-state index contributed by atoms with van der Waals surface area (Å²) in [6.45, 7) is 4.00. The average Bonchev–Trinajstić information content (AvgIpc) is 2.83. The van der Waals surface area contributed by atoms with Gasteiger partial charge in [0.25, 0.3) is 0 Å². The van der Waals surface area contributed by atoms with Crippen LogP contribution in [0.4, 0.5) is 0 Å². The minimum Gasteiger partial charge on any atom is -0.344 e. The molecule has 3 N–H and O–H groups in total. The van der Waals surface area contributed by atoms with Crippen LogP contribution in [0, 0.1) is 5.92 Å². The lowest BCUT2D eigenvalue weighted by Crippen LogP contribution is -2.45. The molecule has 1 saturated carbocycles. The van der Waals surface area contributed by atoms with E-state index in [2.05, 4.69) is 10.3 Å². The van der Waals surface area contributed by atoms with Crippen LogP contribution >= 0.6 is 11.3 Å². The number of carbonyl (C=O) groups is 1. The second-order valence-electron chi connectivity index (χ2n) is 5.56. The van der Waals surface area contributed by atoms with Crippen LogP contribution in [0.5, 0.6) is 0 Å². The number of nitrogens with one attached hydrogen (secondary N) is 1. The highest BCUT2D eigenvalue weighted by atomic mass is 32.1. The largest absolute Gasteiger partial charge is 0.344 e. The lowest BCUT2D eigenvalue weighted by atomic mass is 9.85. The van der Waals surface area contributed by atoms with Crippen molar-refractivity contribution in [3.05, 3.63) is 16.6 Å². The molecule has 1 fully saturated rings. The summed E-state index contributed by atoms with van der Waals surface area (Å²) in [7, 11) is 0. The van der Waals surface area contributed by atoms with Crippen molar-refractivity contribution in [1.82, 2.24) is 10.3 Å². The van der Waals surface area contributed by atoms with Gasteiger partial charge in [0.1, 0.15) is 5.01 Å². The Labute approximate surface area is 112 Å². The number of rotatable bonds is 3. The number of aromatic nitrogens is 1. The van der Waals surface area contributed by atoms with Gasteiger partial charge in [0.15, 0.2) is 0 Å². The van der Waals surface area contributed by atoms with E-state index in [1.807, 2.05) is 19.2 Å². The minimum atomic E-state index is -0.384. The maximum atomic E-state index is 12.2. The summed E-state index contributed by atoms with van der Waals surface area (Å²) in [5.74, 6) is 0.256. The molecule has 0 saturated heterocycles. The van der Waals surface area contributed by atoms with Crippen molar-refractivity contribution in [3.63, 3.8) is 0 Å². The minimum absolute atomic E-state index is 0.115. The smallest absolute Gasteiger partial charge is 0.223 e. The van der Waals surface area contributed by atoms with Gasteiger partial charge in [-0.05, 0) is 39.5 Å². The van der Waals surface area contributed by atoms with Crippen LogP contribution < -0.4 is 11.1 Å². The van der Waals surface area contributed by atoms with Crippen molar-refractivity contribution >= 4 is 17.2 Å². The highest BCUT2D eigenvalue weighted by Crippen LogP contribution is 2.26. The summed E-state index contributed by atoms with van der Waals surface area (Å²) in [6, 6.07) is 0.279. The van der Waals surface area contributed by atoms with Gasteiger partial charge in [0, 0.05) is 23.5 Å². The number of carbonyl (C=O) groups excluding carboxylic acids is 1. The number of hydrogen-bond donors (Lipinski definition) is 2. The van der Waals surface area contributed by atoms with Gasteiger partial charge in [0.2, 0.25) is 5.91 Å². The Morgan fingerprint density at radius 2 is 2.11 bits per heavy atom. The fourth-order valence-electron chi connectivity index (χ4n) is 2.38. The van der Waals surface area contributed by atoms with Crippen molar-refractivity contribution in [3.8, 4) is 0 Å². The zero-order chi connectivity index (χ0) is 13.2. The molecule has 18 heavy (non-hydrogen) atoms. The number of amides is 1. The monoisotopic (exact) mass is 267 g/mol. The molecule has 0 radical (unpaired) electrons. The molecule has 100 valence electrons. The first-order valence-corrected chi connectivity index (χ1v) is 7.34. The highest BCUT2D eigenvalue weighted by Gasteiger charge is 2.30. The molecule has 1 amide bonds. The zero-order valence-corrected chi connectivity index (χ0v) is 11.8. The molecule has 0 unspecified atom stereocenters. The summed E-state index contributed by atoms with van der Waals surface area (Å²) in [4.78, 5) is 16.5. The van der Waals surface area contributed by atoms with E-state index in [1.54, 1.807) is 17.5 Å². The molecule has 4 nitrogen and oxygen atoms in total. The zero-order valence-electron chi connectivity index (χ0n) is 11.0. The van der Waals surface area contributed by atoms with Gasteiger partial charge in [-0.1, -0.05) is 0 Å². The van der Waals surface area contributed by atoms with Crippen molar-refractivity contribution in [2.24, 2.45) is 11.7 Å². The Balaban J connectivity index is 1.95. The second-order valence-corrected chi connectivity index (χ2v) is 6.46. The Morgan fingerprint density at radius 1 is 1.44 bits per heavy atom. The first-order chi connectivity index (χ1) is 8.49. The Morgan fingerprint density at radius 3 is 2.67 bits per heavy atom. The molecule has 0 aliphatic heterocycles. The molecular formula is C13H21N3OS. The van der Waals surface area contributed by atoms with Gasteiger partial charge < -0.3 is 11.1 Å². The topological polar surface area (TPSA) is 68.0 Å². The van der Waals surface area contributed by atoms with E-state index in [0.29, 0.717) is 0 Å². The van der Waals surface area contributed by atoms with Crippen LogP contribution in [0.15, 0.2) is 11.6 Å². The highest BCUT2D eigenvalue weighted by molar-refractivity contribution is 7.09. The quantitative estimate of drug-likeness (QED) is 0.880. The lowest BCUT2D eigenvalue weighted by Gasteiger charge is -2.30. The number of thiazole rings is 1. The molecule has 0 aromatic carbocycles. The molecule has 0 spiro atoms. The van der Waals surface area contributed by atoms with E-state index in [4.69, 9.17) is 5.73 Å². The van der Waals surface area contributed by atoms with Crippen LogP contribution in [-0.4, -0.2) is 16.9 Å². The van der Waals surface area contributed by atoms with Gasteiger partial charge in [0.05, 0.1) is 5.54 Å². The van der Waals surface area contributed by atoms with E-state index in [0.717, 1.165) is 30.7 Å². The third kappa shape index (κ3) is 3.09. The van der Waals surface area contributed by atoms with Gasteiger partial charge in [-0.2, -0.15) is 0 Å². The lowest BCUT2D eigenvalue weighted by molar-refractivity contribution is -0.127. The molecule has 1 aromatic rings. The Hall–Kier alpha value is -0.940. The van der Waals surface area contributed by atoms with E-state index >= 15 is 0 Å². The number of nitrogens with two attached hydrogens (primary N) is 1. The SMILES string of the molecule is CC(C)(NC(=O)C1CCC(N)CC1)c1nccs1. The van der Waals surface area contributed by atoms with Crippen molar-refractivity contribution < 1.29 is 4.79 Å². The van der Waals surface area contributed by atoms with Gasteiger partial charge in [-0.15, -0.1) is 11.3 Å². The van der Waals surface area contributed by atoms with E-state index < -0.39 is 0 Å². The van der Waals surface area contributed by atoms with Gasteiger partial charge in [-0.25, -0.2) is 4.98 Å². The molecule has 0 atom stereocenters. The summed E-state index contributed by atoms with van der Waals surface area (Å²) in [5, 5.41) is 5.99. The van der Waals surface area contributed by atoms with Crippen LogP contribution in [0.1, 0.15) is 44.5 Å². The Bertz CT molecular complexity index is 394. The van der Waals surface area contributed by atoms with Crippen molar-refractivity contribution in [2.45, 2.75) is 51.1 Å². The summed E-state index contributed by atoms with van der Waals surface area (Å²) in [5.41, 5.74) is 5.48. The first-order valence-electron chi connectivity index (χ1n) is 6.46. The summed E-state index contributed by atoms with van der Waals surface area (Å²) in [6.07, 6.45) is 5.49. The number of nitrogens with zero attached hydrogens (tertiary/aromatic N) is 1. The predicted molar refractivity (Wildman–Crippen MR) is 73.2 cm³/mol. The summed E-state index contributed by atoms with van der Waals surface area (Å²) < 4.78 is 0. The van der Waals surface area contributed by atoms with Crippen molar-refractivity contribution in [1.29, 1.82) is 0 Å². The van der Waals surface area contributed by atoms with Gasteiger partial charge in [-0.3, -0.25) is 4.79 Å². The van der Waals surface area contributed by atoms with Gasteiger partial charge >= 0.3 is 0 Å². The standard InChI is InChI=1S/C13H21N3OS/c1-13(2,12-15-7-8-18-12)16-11(17)9-3-5-10(14)6-4-9/h7-10H,3-6,14H2,1-2H3,(H,16,17). The molecular weight excluding hydrogens is 246 g/mol. The van der Waals surface area contributed by atoms with Crippen LogP contribution in [0.3, 0.4) is 0 Å². The van der Waals surface area contributed by atoms with E-state index in [9.17, 15) is 4.79 Å². The molecule has 1 aliphatic carbocycles. The van der Waals surface area contributed by atoms with Crippen molar-refractivity contribution in [2.75, 3.05) is 0 Å². The van der Waals surface area contributed by atoms with Crippen LogP contribution in [0.25, 0.3) is 0 Å². The maximum Gasteiger partial charge on any atom is 0.223 e. The molecule has 5 heteroatoms. The van der Waals surface area contributed by atoms with E-state index in [1.165, 1.54) is 0 Å². The van der Waals surface area contributed by atoms with Crippen LogP contribution in [0.2, 0.25) is 0 Å². The average molecular weight is 267 g/mol. The molecule has 2 rings (SSSR count). The number of hydrogen-bond acceptors (Lipinski definition) is 4. The molecule has 1 aromatic heterocycles. The third-order valence-corrected chi connectivity index (χ3v) is 4.64. The fourth-order valence-corrected chi connectivity index (χ4v) is 3.10. The fraction of sp³-hybridized carbons (Fsp3) is 0.692. The summed E-state index contributed by atoms with van der Waals surface area (Å²) >= 11 is 1.57. The van der Waals surface area contributed by atoms with E-state index in [-0.39, 0.29) is 23.4 Å². The Kier molecular flexibility index (Phi) is 4.02. The first kappa shape index (κ1) is 13.5. The normalized spacial score (nSPS) is 24.8. The molecule has 1 aliphatic rings. The second kappa shape index (κ2) is 5.36. The maximum absolute atomic E-state index is 12.2. The predicted octanol–water partition coefficient (Wildman–Crippen LogP) is 2.01. The molecule has 0 bridgehead atoms.